The first-order valence-electron chi connectivity index (χ1n) is 5.32. The van der Waals surface area contributed by atoms with Gasteiger partial charge >= 0.3 is 0 Å². The quantitative estimate of drug-likeness (QED) is 0.791. The van der Waals surface area contributed by atoms with Crippen LogP contribution in [0.15, 0.2) is 54.6 Å². The summed E-state index contributed by atoms with van der Waals surface area (Å²) in [6, 6.07) is 15.6. The SMILES string of the molecule is CC=Cc1cccc(-c2ccc(O)cc2)c1. The van der Waals surface area contributed by atoms with Crippen LogP contribution in [-0.4, -0.2) is 5.11 Å². The van der Waals surface area contributed by atoms with Gasteiger partial charge in [-0.1, -0.05) is 42.5 Å². The van der Waals surface area contributed by atoms with Gasteiger partial charge in [-0.15, -0.1) is 0 Å². The maximum absolute atomic E-state index is 9.23. The lowest BCUT2D eigenvalue weighted by Gasteiger charge is -2.03. The topological polar surface area (TPSA) is 20.2 Å². The van der Waals surface area contributed by atoms with Crippen molar-refractivity contribution in [2.75, 3.05) is 0 Å². The fraction of sp³-hybridized carbons (Fsp3) is 0.0667. The molecule has 1 heteroatoms. The molecule has 0 unspecified atom stereocenters. The Hall–Kier alpha value is -2.02. The average Bonchev–Trinajstić information content (AvgIpc) is 2.31. The molecule has 0 aliphatic heterocycles. The molecule has 80 valence electrons. The first kappa shape index (κ1) is 10.5. The standard InChI is InChI=1S/C15H14O/c1-2-4-12-5-3-6-14(11-12)13-7-9-15(16)10-8-13/h2-11,16H,1H3. The predicted octanol–water partition coefficient (Wildman–Crippen LogP) is 4.09. The van der Waals surface area contributed by atoms with E-state index in [1.807, 2.05) is 31.2 Å². The minimum absolute atomic E-state index is 0.299. The van der Waals surface area contributed by atoms with Gasteiger partial charge in [-0.3, -0.25) is 0 Å². The molecular formula is C15H14O. The molecule has 1 nitrogen and oxygen atoms in total. The Labute approximate surface area is 95.7 Å². The van der Waals surface area contributed by atoms with Crippen LogP contribution >= 0.6 is 0 Å². The predicted molar refractivity (Wildman–Crippen MR) is 68.3 cm³/mol. The third-order valence-electron chi connectivity index (χ3n) is 2.45. The molecule has 0 bridgehead atoms. The van der Waals surface area contributed by atoms with Gasteiger partial charge < -0.3 is 5.11 Å². The average molecular weight is 210 g/mol. The summed E-state index contributed by atoms with van der Waals surface area (Å²) >= 11 is 0. The second kappa shape index (κ2) is 4.67. The van der Waals surface area contributed by atoms with Crippen LogP contribution in [0.1, 0.15) is 12.5 Å². The summed E-state index contributed by atoms with van der Waals surface area (Å²) in [5.41, 5.74) is 3.47. The third kappa shape index (κ3) is 2.31. The van der Waals surface area contributed by atoms with E-state index in [0.29, 0.717) is 5.75 Å². The number of phenolic OH excluding ortho intramolecular Hbond substituents is 1. The molecular weight excluding hydrogens is 196 g/mol. The van der Waals surface area contributed by atoms with Crippen molar-refractivity contribution in [3.05, 3.63) is 60.2 Å². The lowest BCUT2D eigenvalue weighted by atomic mass is 10.0. The zero-order chi connectivity index (χ0) is 11.4. The van der Waals surface area contributed by atoms with Crippen LogP contribution in [0.5, 0.6) is 5.75 Å². The number of phenols is 1. The van der Waals surface area contributed by atoms with E-state index in [-0.39, 0.29) is 0 Å². The summed E-state index contributed by atoms with van der Waals surface area (Å²) in [4.78, 5) is 0. The van der Waals surface area contributed by atoms with Gasteiger partial charge in [-0.25, -0.2) is 0 Å². The van der Waals surface area contributed by atoms with E-state index < -0.39 is 0 Å². The normalized spacial score (nSPS) is 10.8. The van der Waals surface area contributed by atoms with Crippen molar-refractivity contribution in [2.24, 2.45) is 0 Å². The Balaban J connectivity index is 2.40. The Morgan fingerprint density at radius 2 is 1.69 bits per heavy atom. The molecule has 0 spiro atoms. The van der Waals surface area contributed by atoms with Gasteiger partial charge in [0, 0.05) is 0 Å². The molecule has 0 atom stereocenters. The number of benzene rings is 2. The van der Waals surface area contributed by atoms with Crippen LogP contribution in [0.3, 0.4) is 0 Å². The van der Waals surface area contributed by atoms with Crippen LogP contribution in [-0.2, 0) is 0 Å². The van der Waals surface area contributed by atoms with Gasteiger partial charge in [0.2, 0.25) is 0 Å². The smallest absolute Gasteiger partial charge is 0.115 e. The molecule has 2 aromatic rings. The fourth-order valence-electron chi connectivity index (χ4n) is 1.67. The minimum atomic E-state index is 0.299. The monoisotopic (exact) mass is 210 g/mol. The first-order valence-corrected chi connectivity index (χ1v) is 5.32. The van der Waals surface area contributed by atoms with Crippen LogP contribution in [0.2, 0.25) is 0 Å². The number of allylic oxidation sites excluding steroid dienone is 1. The Morgan fingerprint density at radius 1 is 0.938 bits per heavy atom. The van der Waals surface area contributed by atoms with Gasteiger partial charge in [0.05, 0.1) is 0 Å². The summed E-state index contributed by atoms with van der Waals surface area (Å²) in [6.07, 6.45) is 4.10. The Morgan fingerprint density at radius 3 is 2.38 bits per heavy atom. The fourth-order valence-corrected chi connectivity index (χ4v) is 1.67. The molecule has 1 N–H and O–H groups in total. The van der Waals surface area contributed by atoms with E-state index >= 15 is 0 Å². The van der Waals surface area contributed by atoms with Crippen molar-refractivity contribution in [3.8, 4) is 16.9 Å². The van der Waals surface area contributed by atoms with Crippen LogP contribution < -0.4 is 0 Å². The van der Waals surface area contributed by atoms with Crippen molar-refractivity contribution in [3.63, 3.8) is 0 Å². The zero-order valence-corrected chi connectivity index (χ0v) is 9.22. The summed E-state index contributed by atoms with van der Waals surface area (Å²) in [5, 5.41) is 9.23. The second-order valence-electron chi connectivity index (χ2n) is 3.67. The van der Waals surface area contributed by atoms with E-state index in [4.69, 9.17) is 0 Å². The Bertz CT molecular complexity index is 495. The van der Waals surface area contributed by atoms with E-state index in [2.05, 4.69) is 24.3 Å². The van der Waals surface area contributed by atoms with Crippen molar-refractivity contribution < 1.29 is 5.11 Å². The van der Waals surface area contributed by atoms with E-state index in [9.17, 15) is 5.11 Å². The maximum Gasteiger partial charge on any atom is 0.115 e. The maximum atomic E-state index is 9.23. The molecule has 0 heterocycles. The lowest BCUT2D eigenvalue weighted by Crippen LogP contribution is -1.78. The minimum Gasteiger partial charge on any atom is -0.508 e. The van der Waals surface area contributed by atoms with Gasteiger partial charge in [0.15, 0.2) is 0 Å². The lowest BCUT2D eigenvalue weighted by molar-refractivity contribution is 0.475. The highest BCUT2D eigenvalue weighted by Crippen LogP contribution is 2.23. The number of rotatable bonds is 2. The molecule has 0 aromatic heterocycles. The highest BCUT2D eigenvalue weighted by molar-refractivity contribution is 5.67. The number of hydrogen-bond donors (Lipinski definition) is 1. The molecule has 16 heavy (non-hydrogen) atoms. The molecule has 2 aromatic carbocycles. The molecule has 0 amide bonds. The van der Waals surface area contributed by atoms with Gasteiger partial charge in [0.25, 0.3) is 0 Å². The van der Waals surface area contributed by atoms with Crippen LogP contribution in [0.25, 0.3) is 17.2 Å². The van der Waals surface area contributed by atoms with Crippen molar-refractivity contribution in [1.82, 2.24) is 0 Å². The van der Waals surface area contributed by atoms with E-state index in [1.54, 1.807) is 12.1 Å². The first-order chi connectivity index (χ1) is 7.79. The zero-order valence-electron chi connectivity index (χ0n) is 9.22. The molecule has 0 aliphatic rings. The molecule has 0 saturated heterocycles. The van der Waals surface area contributed by atoms with Crippen LogP contribution in [0.4, 0.5) is 0 Å². The molecule has 2 rings (SSSR count). The van der Waals surface area contributed by atoms with Gasteiger partial charge in [0.1, 0.15) is 5.75 Å². The Kier molecular flexibility index (Phi) is 3.06. The van der Waals surface area contributed by atoms with E-state index in [0.717, 1.165) is 11.1 Å². The number of aromatic hydroxyl groups is 1. The number of hydrogen-bond acceptors (Lipinski definition) is 1. The second-order valence-corrected chi connectivity index (χ2v) is 3.67. The summed E-state index contributed by atoms with van der Waals surface area (Å²) in [7, 11) is 0. The third-order valence-corrected chi connectivity index (χ3v) is 2.45. The highest BCUT2D eigenvalue weighted by atomic mass is 16.3. The summed E-state index contributed by atoms with van der Waals surface area (Å²) in [6.45, 7) is 2.01. The summed E-state index contributed by atoms with van der Waals surface area (Å²) in [5.74, 6) is 0.299. The van der Waals surface area contributed by atoms with Crippen molar-refractivity contribution in [1.29, 1.82) is 0 Å². The van der Waals surface area contributed by atoms with Crippen LogP contribution in [0, 0.1) is 0 Å². The molecule has 0 radical (unpaired) electrons. The van der Waals surface area contributed by atoms with E-state index in [1.165, 1.54) is 5.56 Å². The summed E-state index contributed by atoms with van der Waals surface area (Å²) < 4.78 is 0. The van der Waals surface area contributed by atoms with Gasteiger partial charge in [-0.05, 0) is 41.8 Å². The molecule has 0 saturated carbocycles. The largest absolute Gasteiger partial charge is 0.508 e. The van der Waals surface area contributed by atoms with Crippen molar-refractivity contribution >= 4 is 6.08 Å². The molecule has 0 fully saturated rings. The highest BCUT2D eigenvalue weighted by Gasteiger charge is 1.97. The molecule has 0 aliphatic carbocycles. The van der Waals surface area contributed by atoms with Crippen molar-refractivity contribution in [2.45, 2.75) is 6.92 Å². The van der Waals surface area contributed by atoms with Gasteiger partial charge in [-0.2, -0.15) is 0 Å².